The maximum atomic E-state index is 13.0. The average molecular weight is 309 g/mol. The van der Waals surface area contributed by atoms with E-state index in [9.17, 15) is 4.39 Å². The molecule has 1 aromatic rings. The van der Waals surface area contributed by atoms with Gasteiger partial charge in [-0.25, -0.2) is 4.39 Å². The molecule has 0 spiro atoms. The average Bonchev–Trinajstić information content (AvgIpc) is 3.01. The van der Waals surface area contributed by atoms with Gasteiger partial charge in [-0.15, -0.1) is 12.4 Å². The highest BCUT2D eigenvalue weighted by molar-refractivity contribution is 9.10. The van der Waals surface area contributed by atoms with Crippen molar-refractivity contribution >= 4 is 28.3 Å². The molecule has 1 saturated carbocycles. The largest absolute Gasteiger partial charge is 0.316 e. The van der Waals surface area contributed by atoms with Crippen LogP contribution < -0.4 is 5.32 Å². The predicted molar refractivity (Wildman–Crippen MR) is 70.6 cm³/mol. The molecule has 90 valence electrons. The number of rotatable bonds is 5. The zero-order valence-corrected chi connectivity index (χ0v) is 11.4. The van der Waals surface area contributed by atoms with Crippen molar-refractivity contribution in [1.82, 2.24) is 5.32 Å². The van der Waals surface area contributed by atoms with E-state index in [1.54, 1.807) is 12.1 Å². The smallest absolute Gasteiger partial charge is 0.123 e. The minimum Gasteiger partial charge on any atom is -0.316 e. The molecule has 2 rings (SSSR count). The molecule has 1 aliphatic carbocycles. The molecule has 0 unspecified atom stereocenters. The minimum atomic E-state index is -0.157. The lowest BCUT2D eigenvalue weighted by molar-refractivity contribution is 0.617. The summed E-state index contributed by atoms with van der Waals surface area (Å²) in [5, 5.41) is 3.40. The van der Waals surface area contributed by atoms with E-state index in [4.69, 9.17) is 0 Å². The summed E-state index contributed by atoms with van der Waals surface area (Å²) in [5.74, 6) is 0.747. The molecular formula is C12H16BrClFN. The van der Waals surface area contributed by atoms with Crippen molar-refractivity contribution in [3.8, 4) is 0 Å². The lowest BCUT2D eigenvalue weighted by Crippen LogP contribution is -2.19. The highest BCUT2D eigenvalue weighted by Gasteiger charge is 2.19. The fourth-order valence-corrected chi connectivity index (χ4v) is 2.03. The summed E-state index contributed by atoms with van der Waals surface area (Å²) in [6.45, 7) is 2.05. The Kier molecular flexibility index (Phi) is 5.73. The lowest BCUT2D eigenvalue weighted by atomic mass is 10.1. The van der Waals surface area contributed by atoms with E-state index in [0.717, 1.165) is 35.5 Å². The maximum Gasteiger partial charge on any atom is 0.123 e. The molecule has 16 heavy (non-hydrogen) atoms. The van der Waals surface area contributed by atoms with Crippen molar-refractivity contribution in [2.75, 3.05) is 13.1 Å². The highest BCUT2D eigenvalue weighted by atomic mass is 79.9. The molecule has 0 bridgehead atoms. The second kappa shape index (κ2) is 6.58. The topological polar surface area (TPSA) is 12.0 Å². The molecule has 0 saturated heterocycles. The molecule has 1 N–H and O–H groups in total. The van der Waals surface area contributed by atoms with Gasteiger partial charge in [0.2, 0.25) is 0 Å². The minimum absolute atomic E-state index is 0. The van der Waals surface area contributed by atoms with E-state index in [1.807, 2.05) is 0 Å². The van der Waals surface area contributed by atoms with Gasteiger partial charge in [0.15, 0.2) is 0 Å². The molecule has 0 aliphatic heterocycles. The Morgan fingerprint density at radius 3 is 2.81 bits per heavy atom. The Labute approximate surface area is 110 Å². The van der Waals surface area contributed by atoms with Gasteiger partial charge in [0, 0.05) is 4.47 Å². The standard InChI is InChI=1S/C12H15BrFN.ClH/c13-12-4-3-11(14)7-10(12)5-6-15-8-9-1-2-9;/h3-4,7,9,15H,1-2,5-6,8H2;1H. The van der Waals surface area contributed by atoms with Gasteiger partial charge in [0.05, 0.1) is 0 Å². The van der Waals surface area contributed by atoms with Crippen molar-refractivity contribution < 1.29 is 4.39 Å². The summed E-state index contributed by atoms with van der Waals surface area (Å²) in [5.41, 5.74) is 1.04. The summed E-state index contributed by atoms with van der Waals surface area (Å²) >= 11 is 3.43. The number of hydrogen-bond donors (Lipinski definition) is 1. The van der Waals surface area contributed by atoms with Crippen molar-refractivity contribution in [3.05, 3.63) is 34.1 Å². The van der Waals surface area contributed by atoms with Crippen LogP contribution in [0.5, 0.6) is 0 Å². The predicted octanol–water partition coefficient (Wildman–Crippen LogP) is 3.55. The third-order valence-corrected chi connectivity index (χ3v) is 3.48. The van der Waals surface area contributed by atoms with Crippen LogP contribution in [0, 0.1) is 11.7 Å². The number of benzene rings is 1. The fourth-order valence-electron chi connectivity index (χ4n) is 1.59. The molecular weight excluding hydrogens is 292 g/mol. The molecule has 0 atom stereocenters. The maximum absolute atomic E-state index is 13.0. The van der Waals surface area contributed by atoms with E-state index >= 15 is 0 Å². The summed E-state index contributed by atoms with van der Waals surface area (Å²) in [6.07, 6.45) is 3.62. The Balaban J connectivity index is 0.00000128. The van der Waals surface area contributed by atoms with Crippen LogP contribution >= 0.6 is 28.3 Å². The monoisotopic (exact) mass is 307 g/mol. The molecule has 1 aliphatic rings. The van der Waals surface area contributed by atoms with E-state index in [2.05, 4.69) is 21.2 Å². The van der Waals surface area contributed by atoms with Crippen molar-refractivity contribution in [1.29, 1.82) is 0 Å². The van der Waals surface area contributed by atoms with E-state index in [-0.39, 0.29) is 18.2 Å². The molecule has 0 aromatic heterocycles. The summed E-state index contributed by atoms with van der Waals surface area (Å²) in [7, 11) is 0. The molecule has 0 radical (unpaired) electrons. The first-order chi connectivity index (χ1) is 7.25. The van der Waals surface area contributed by atoms with Gasteiger partial charge in [-0.2, -0.15) is 0 Å². The molecule has 0 amide bonds. The van der Waals surface area contributed by atoms with Crippen molar-refractivity contribution in [2.45, 2.75) is 19.3 Å². The summed E-state index contributed by atoms with van der Waals surface area (Å²) in [6, 6.07) is 4.85. The van der Waals surface area contributed by atoms with Crippen LogP contribution in [0.3, 0.4) is 0 Å². The van der Waals surface area contributed by atoms with Crippen LogP contribution in [0.1, 0.15) is 18.4 Å². The van der Waals surface area contributed by atoms with Gasteiger partial charge in [-0.3, -0.25) is 0 Å². The quantitative estimate of drug-likeness (QED) is 0.820. The summed E-state index contributed by atoms with van der Waals surface area (Å²) in [4.78, 5) is 0. The second-order valence-corrected chi connectivity index (χ2v) is 4.99. The number of nitrogens with one attached hydrogen (secondary N) is 1. The van der Waals surface area contributed by atoms with E-state index in [1.165, 1.54) is 18.9 Å². The van der Waals surface area contributed by atoms with Gasteiger partial charge < -0.3 is 5.32 Å². The molecule has 1 aromatic carbocycles. The van der Waals surface area contributed by atoms with Crippen LogP contribution in [0.2, 0.25) is 0 Å². The third-order valence-electron chi connectivity index (χ3n) is 2.71. The van der Waals surface area contributed by atoms with Crippen LogP contribution in [-0.2, 0) is 6.42 Å². The third kappa shape index (κ3) is 4.40. The van der Waals surface area contributed by atoms with E-state index in [0.29, 0.717) is 0 Å². The van der Waals surface area contributed by atoms with Gasteiger partial charge in [0.1, 0.15) is 5.82 Å². The van der Waals surface area contributed by atoms with Gasteiger partial charge in [0.25, 0.3) is 0 Å². The Morgan fingerprint density at radius 2 is 2.12 bits per heavy atom. The first kappa shape index (κ1) is 13.9. The van der Waals surface area contributed by atoms with Crippen molar-refractivity contribution in [3.63, 3.8) is 0 Å². The van der Waals surface area contributed by atoms with Crippen LogP contribution in [0.4, 0.5) is 4.39 Å². The van der Waals surface area contributed by atoms with E-state index < -0.39 is 0 Å². The van der Waals surface area contributed by atoms with Crippen LogP contribution in [0.15, 0.2) is 22.7 Å². The SMILES string of the molecule is Cl.Fc1ccc(Br)c(CCNCC2CC2)c1. The Hall–Kier alpha value is -0.120. The Morgan fingerprint density at radius 1 is 1.38 bits per heavy atom. The van der Waals surface area contributed by atoms with Gasteiger partial charge in [-0.1, -0.05) is 15.9 Å². The molecule has 1 fully saturated rings. The van der Waals surface area contributed by atoms with Gasteiger partial charge in [-0.05, 0) is 62.0 Å². The normalized spacial score (nSPS) is 14.6. The molecule has 1 nitrogen and oxygen atoms in total. The first-order valence-corrected chi connectivity index (χ1v) is 6.19. The fraction of sp³-hybridized carbons (Fsp3) is 0.500. The molecule has 0 heterocycles. The highest BCUT2D eigenvalue weighted by Crippen LogP contribution is 2.27. The van der Waals surface area contributed by atoms with Crippen LogP contribution in [-0.4, -0.2) is 13.1 Å². The summed E-state index contributed by atoms with van der Waals surface area (Å²) < 4.78 is 14.0. The zero-order valence-electron chi connectivity index (χ0n) is 9.01. The second-order valence-electron chi connectivity index (χ2n) is 4.13. The lowest BCUT2D eigenvalue weighted by Gasteiger charge is -2.06. The van der Waals surface area contributed by atoms with Crippen LogP contribution in [0.25, 0.3) is 0 Å². The number of hydrogen-bond acceptors (Lipinski definition) is 1. The zero-order chi connectivity index (χ0) is 10.7. The first-order valence-electron chi connectivity index (χ1n) is 5.40. The van der Waals surface area contributed by atoms with Gasteiger partial charge >= 0.3 is 0 Å². The molecule has 4 heteroatoms. The van der Waals surface area contributed by atoms with Crippen molar-refractivity contribution in [2.24, 2.45) is 5.92 Å². The number of halogens is 3. The Bertz CT molecular complexity index is 342.